The third kappa shape index (κ3) is 7.73. The number of ether oxygens (including phenoxy) is 4. The molecule has 1 aromatic heterocycles. The summed E-state index contributed by atoms with van der Waals surface area (Å²) < 4.78 is 22.9. The summed E-state index contributed by atoms with van der Waals surface area (Å²) in [4.78, 5) is 42.4. The Labute approximate surface area is 235 Å². The number of para-hydroxylation sites is 1. The fraction of sp³-hybridized carbons (Fsp3) is 0.548. The molecular formula is C31H40N2O7. The van der Waals surface area contributed by atoms with Gasteiger partial charge in [0.25, 0.3) is 5.91 Å². The second-order valence-electron chi connectivity index (χ2n) is 10.8. The van der Waals surface area contributed by atoms with E-state index in [0.717, 1.165) is 31.4 Å². The van der Waals surface area contributed by atoms with Gasteiger partial charge in [0, 0.05) is 19.2 Å². The summed E-state index contributed by atoms with van der Waals surface area (Å²) in [5, 5.41) is 2.76. The van der Waals surface area contributed by atoms with Crippen LogP contribution in [0.4, 0.5) is 0 Å². The number of nitrogens with one attached hydrogen (secondary N) is 1. The molecule has 1 aliphatic heterocycles. The minimum absolute atomic E-state index is 0.0947. The van der Waals surface area contributed by atoms with Gasteiger partial charge in [-0.1, -0.05) is 56.7 Å². The second-order valence-corrected chi connectivity index (χ2v) is 10.8. The number of cyclic esters (lactones) is 1. The van der Waals surface area contributed by atoms with Gasteiger partial charge in [-0.3, -0.25) is 9.59 Å². The molecule has 40 heavy (non-hydrogen) atoms. The van der Waals surface area contributed by atoms with Crippen molar-refractivity contribution < 1.29 is 33.3 Å². The summed E-state index contributed by atoms with van der Waals surface area (Å²) in [5.41, 5.74) is -0.144. The third-order valence-corrected chi connectivity index (χ3v) is 7.81. The zero-order valence-corrected chi connectivity index (χ0v) is 23.6. The number of pyridine rings is 1. The highest BCUT2D eigenvalue weighted by atomic mass is 16.6. The average molecular weight is 553 g/mol. The van der Waals surface area contributed by atoms with E-state index in [0.29, 0.717) is 12.3 Å². The second kappa shape index (κ2) is 14.1. The van der Waals surface area contributed by atoms with Gasteiger partial charge in [0.15, 0.2) is 11.4 Å². The molecule has 1 aliphatic carbocycles. The summed E-state index contributed by atoms with van der Waals surface area (Å²) in [6, 6.07) is 10.2. The SMILES string of the molecule is COc1ccnc(C(=O)N[C@H]2CCCC[C@H](CC3CCCC3)[C@@H](Oc3ccccc3)[C@H](C)OC2=O)c1OC(C)=O. The molecule has 9 nitrogen and oxygen atoms in total. The number of rotatable bonds is 8. The Morgan fingerprint density at radius 1 is 1.02 bits per heavy atom. The zero-order chi connectivity index (χ0) is 28.5. The summed E-state index contributed by atoms with van der Waals surface area (Å²) in [5.74, 6) is -0.0378. The van der Waals surface area contributed by atoms with Crippen LogP contribution >= 0.6 is 0 Å². The summed E-state index contributed by atoms with van der Waals surface area (Å²) >= 11 is 0. The molecule has 2 aliphatic rings. The largest absolute Gasteiger partial charge is 0.493 e. The van der Waals surface area contributed by atoms with E-state index >= 15 is 0 Å². The van der Waals surface area contributed by atoms with Crippen molar-refractivity contribution in [2.75, 3.05) is 7.11 Å². The molecule has 1 N–H and O–H groups in total. The maximum absolute atomic E-state index is 13.4. The van der Waals surface area contributed by atoms with Gasteiger partial charge in [0.05, 0.1) is 7.11 Å². The molecule has 0 unspecified atom stereocenters. The minimum atomic E-state index is -0.892. The van der Waals surface area contributed by atoms with Gasteiger partial charge in [-0.2, -0.15) is 0 Å². The van der Waals surface area contributed by atoms with Crippen molar-refractivity contribution in [3.8, 4) is 17.2 Å². The van der Waals surface area contributed by atoms with Crippen LogP contribution in [-0.2, 0) is 14.3 Å². The first kappa shape index (κ1) is 29.4. The van der Waals surface area contributed by atoms with Crippen LogP contribution in [0.2, 0.25) is 0 Å². The topological polar surface area (TPSA) is 113 Å². The number of carbonyl (C=O) groups is 3. The van der Waals surface area contributed by atoms with E-state index in [4.69, 9.17) is 18.9 Å². The predicted octanol–water partition coefficient (Wildman–Crippen LogP) is 5.26. The lowest BCUT2D eigenvalue weighted by Gasteiger charge is -2.35. The van der Waals surface area contributed by atoms with Crippen molar-refractivity contribution in [3.05, 3.63) is 48.3 Å². The first-order chi connectivity index (χ1) is 19.4. The molecule has 4 atom stereocenters. The first-order valence-corrected chi connectivity index (χ1v) is 14.3. The maximum Gasteiger partial charge on any atom is 0.329 e. The highest BCUT2D eigenvalue weighted by molar-refractivity contribution is 5.98. The molecule has 9 heteroatoms. The van der Waals surface area contributed by atoms with E-state index in [1.807, 2.05) is 37.3 Å². The third-order valence-electron chi connectivity index (χ3n) is 7.81. The van der Waals surface area contributed by atoms with Crippen molar-refractivity contribution in [3.63, 3.8) is 0 Å². The average Bonchev–Trinajstić information content (AvgIpc) is 3.45. The van der Waals surface area contributed by atoms with Crippen molar-refractivity contribution in [1.82, 2.24) is 10.3 Å². The number of hydrogen-bond donors (Lipinski definition) is 1. The number of esters is 2. The molecule has 1 aromatic carbocycles. The molecular weight excluding hydrogens is 512 g/mol. The summed E-state index contributed by atoms with van der Waals surface area (Å²) in [6.07, 6.45) is 9.63. The van der Waals surface area contributed by atoms with Crippen molar-refractivity contribution in [2.45, 2.75) is 89.9 Å². The standard InChI is InChI=1S/C31H40N2O7/c1-20-28(40-24-14-5-4-6-15-24)23(19-22-11-7-8-12-22)13-9-10-16-25(31(36)38-20)33-30(35)27-29(39-21(2)34)26(37-3)17-18-32-27/h4-6,14-15,17-18,20,22-23,25,28H,7-13,16,19H2,1-3H3,(H,33,35)/t20-,23+,25-,28-/m0/s1. The number of amides is 1. The minimum Gasteiger partial charge on any atom is -0.493 e. The molecule has 2 heterocycles. The Morgan fingerprint density at radius 3 is 2.42 bits per heavy atom. The number of nitrogens with zero attached hydrogens (tertiary/aromatic N) is 1. The van der Waals surface area contributed by atoms with Crippen molar-refractivity contribution in [1.29, 1.82) is 0 Å². The van der Waals surface area contributed by atoms with Gasteiger partial charge in [0.1, 0.15) is 24.0 Å². The maximum atomic E-state index is 13.4. The van der Waals surface area contributed by atoms with Crippen LogP contribution < -0.4 is 19.5 Å². The highest BCUT2D eigenvalue weighted by Crippen LogP contribution is 2.36. The normalized spacial score (nSPS) is 24.0. The fourth-order valence-corrected chi connectivity index (χ4v) is 5.88. The van der Waals surface area contributed by atoms with Gasteiger partial charge in [-0.05, 0) is 50.2 Å². The molecule has 2 aromatic rings. The van der Waals surface area contributed by atoms with E-state index in [2.05, 4.69) is 10.3 Å². The summed E-state index contributed by atoms with van der Waals surface area (Å²) in [7, 11) is 1.40. The number of aromatic nitrogens is 1. The number of methoxy groups -OCH3 is 1. The lowest BCUT2D eigenvalue weighted by atomic mass is 9.83. The fourth-order valence-electron chi connectivity index (χ4n) is 5.88. The number of carbonyl (C=O) groups excluding carboxylic acids is 3. The lowest BCUT2D eigenvalue weighted by molar-refractivity contribution is -0.158. The number of hydrogen-bond acceptors (Lipinski definition) is 8. The van der Waals surface area contributed by atoms with Crippen molar-refractivity contribution in [2.24, 2.45) is 11.8 Å². The van der Waals surface area contributed by atoms with Gasteiger partial charge in [0.2, 0.25) is 5.75 Å². The van der Waals surface area contributed by atoms with Crippen LogP contribution in [0.1, 0.15) is 82.1 Å². The van der Waals surface area contributed by atoms with Crippen LogP contribution in [-0.4, -0.2) is 48.2 Å². The monoisotopic (exact) mass is 552 g/mol. The van der Waals surface area contributed by atoms with Crippen LogP contribution in [0.5, 0.6) is 17.2 Å². The molecule has 2 fully saturated rings. The van der Waals surface area contributed by atoms with Gasteiger partial charge < -0.3 is 24.3 Å². The van der Waals surface area contributed by atoms with E-state index in [1.165, 1.54) is 52.0 Å². The Kier molecular flexibility index (Phi) is 10.4. The first-order valence-electron chi connectivity index (χ1n) is 14.3. The smallest absolute Gasteiger partial charge is 0.329 e. The molecule has 0 bridgehead atoms. The van der Waals surface area contributed by atoms with E-state index < -0.39 is 30.0 Å². The molecule has 1 amide bonds. The van der Waals surface area contributed by atoms with Crippen LogP contribution in [0.25, 0.3) is 0 Å². The van der Waals surface area contributed by atoms with E-state index in [-0.39, 0.29) is 29.2 Å². The van der Waals surface area contributed by atoms with Gasteiger partial charge in [-0.15, -0.1) is 0 Å². The van der Waals surface area contributed by atoms with E-state index in [1.54, 1.807) is 0 Å². The number of benzene rings is 1. The van der Waals surface area contributed by atoms with E-state index in [9.17, 15) is 14.4 Å². The summed E-state index contributed by atoms with van der Waals surface area (Å²) in [6.45, 7) is 3.10. The zero-order valence-electron chi connectivity index (χ0n) is 23.6. The predicted molar refractivity (Wildman–Crippen MR) is 148 cm³/mol. The van der Waals surface area contributed by atoms with Gasteiger partial charge >= 0.3 is 11.9 Å². The molecule has 1 saturated heterocycles. The van der Waals surface area contributed by atoms with Crippen LogP contribution in [0.15, 0.2) is 42.6 Å². The highest BCUT2D eigenvalue weighted by Gasteiger charge is 2.36. The van der Waals surface area contributed by atoms with Crippen LogP contribution in [0, 0.1) is 11.8 Å². The lowest BCUT2D eigenvalue weighted by Crippen LogP contribution is -2.47. The molecule has 1 saturated carbocycles. The van der Waals surface area contributed by atoms with Crippen LogP contribution in [0.3, 0.4) is 0 Å². The molecule has 216 valence electrons. The van der Waals surface area contributed by atoms with Crippen molar-refractivity contribution >= 4 is 17.8 Å². The Morgan fingerprint density at radius 2 is 1.73 bits per heavy atom. The quantitative estimate of drug-likeness (QED) is 0.441. The Balaban J connectivity index is 1.52. The molecule has 0 spiro atoms. The van der Waals surface area contributed by atoms with Gasteiger partial charge in [-0.25, -0.2) is 9.78 Å². The molecule has 4 rings (SSSR count). The molecule has 0 radical (unpaired) electrons. The Hall–Kier alpha value is -3.62. The Bertz CT molecular complexity index is 1150.